The number of hydrogen-bond acceptors (Lipinski definition) is 6. The van der Waals surface area contributed by atoms with Crippen molar-refractivity contribution in [3.8, 4) is 5.75 Å². The first-order valence-corrected chi connectivity index (χ1v) is 8.97. The van der Waals surface area contributed by atoms with Crippen molar-refractivity contribution in [3.05, 3.63) is 40.7 Å². The predicted octanol–water partition coefficient (Wildman–Crippen LogP) is 0.769. The fraction of sp³-hybridized carbons (Fsp3) is 0.429. The van der Waals surface area contributed by atoms with E-state index in [1.54, 1.807) is 24.3 Å². The first-order chi connectivity index (χ1) is 10.8. The highest BCUT2D eigenvalue weighted by molar-refractivity contribution is 7.92. The molecule has 2 atom stereocenters. The van der Waals surface area contributed by atoms with Gasteiger partial charge in [-0.15, -0.1) is 5.10 Å². The zero-order valence-electron chi connectivity index (χ0n) is 12.7. The lowest BCUT2D eigenvalue weighted by Crippen LogP contribution is -2.46. The Morgan fingerprint density at radius 3 is 2.83 bits per heavy atom. The molecule has 1 aromatic heterocycles. The van der Waals surface area contributed by atoms with Gasteiger partial charge in [-0.2, -0.15) is 0 Å². The summed E-state index contributed by atoms with van der Waals surface area (Å²) in [6.45, 7) is 2.10. The van der Waals surface area contributed by atoms with Crippen LogP contribution in [0.1, 0.15) is 12.8 Å². The third kappa shape index (κ3) is 3.24. The number of anilines is 1. The number of H-pyrrole nitrogens is 1. The van der Waals surface area contributed by atoms with Crippen molar-refractivity contribution in [1.82, 2.24) is 10.2 Å². The second kappa shape index (κ2) is 5.73. The highest BCUT2D eigenvalue weighted by Gasteiger charge is 2.34. The maximum atomic E-state index is 12.1. The number of para-hydroxylation sites is 2. The number of hydrogen-bond donors (Lipinski definition) is 1. The summed E-state index contributed by atoms with van der Waals surface area (Å²) >= 11 is 0. The van der Waals surface area contributed by atoms with E-state index in [1.165, 1.54) is 10.6 Å². The average Bonchev–Trinajstić information content (AvgIpc) is 2.90. The van der Waals surface area contributed by atoms with Crippen LogP contribution in [0.4, 0.5) is 5.69 Å². The van der Waals surface area contributed by atoms with Crippen LogP contribution in [0.3, 0.4) is 0 Å². The topological polar surface area (TPSA) is 106 Å². The molecule has 1 aliphatic heterocycles. The molecule has 0 radical (unpaired) electrons. The van der Waals surface area contributed by atoms with Gasteiger partial charge in [0.15, 0.2) is 0 Å². The van der Waals surface area contributed by atoms with Gasteiger partial charge in [-0.25, -0.2) is 18.3 Å². The van der Waals surface area contributed by atoms with Gasteiger partial charge in [0.2, 0.25) is 15.9 Å². The van der Waals surface area contributed by atoms with E-state index in [4.69, 9.17) is 9.15 Å². The molecular weight excluding hydrogens is 322 g/mol. The molecule has 3 rings (SSSR count). The lowest BCUT2D eigenvalue weighted by atomic mass is 9.99. The number of ether oxygens (including phenoxy) is 1. The molecule has 0 fully saturated rings. The van der Waals surface area contributed by atoms with E-state index >= 15 is 0 Å². The molecule has 1 aliphatic rings. The number of nitrogens with one attached hydrogen (secondary N) is 1. The van der Waals surface area contributed by atoms with Gasteiger partial charge in [0.25, 0.3) is 0 Å². The predicted molar refractivity (Wildman–Crippen MR) is 83.0 cm³/mol. The Morgan fingerprint density at radius 2 is 2.17 bits per heavy atom. The summed E-state index contributed by atoms with van der Waals surface area (Å²) in [4.78, 5) is 11.0. The second-order valence-electron chi connectivity index (χ2n) is 5.61. The lowest BCUT2D eigenvalue weighted by molar-refractivity contribution is 0.137. The van der Waals surface area contributed by atoms with Gasteiger partial charge in [0.05, 0.1) is 18.5 Å². The molecule has 124 valence electrons. The SMILES string of the molecule is C[C@H](Cc1n[nH]c(=O)o1)[C@H]1CN(S(C)(=O)=O)c2ccccc2O1. The zero-order chi connectivity index (χ0) is 16.6. The Labute approximate surface area is 133 Å². The maximum absolute atomic E-state index is 12.1. The minimum Gasteiger partial charge on any atom is -0.486 e. The van der Waals surface area contributed by atoms with Gasteiger partial charge < -0.3 is 9.15 Å². The molecule has 23 heavy (non-hydrogen) atoms. The van der Waals surface area contributed by atoms with Crippen molar-refractivity contribution in [2.45, 2.75) is 19.4 Å². The molecule has 2 aromatic rings. The number of rotatable bonds is 4. The highest BCUT2D eigenvalue weighted by Crippen LogP contribution is 2.36. The molecule has 0 spiro atoms. The Balaban J connectivity index is 1.86. The summed E-state index contributed by atoms with van der Waals surface area (Å²) in [6, 6.07) is 7.01. The summed E-state index contributed by atoms with van der Waals surface area (Å²) < 4.78 is 36.3. The quantitative estimate of drug-likeness (QED) is 0.882. The molecule has 9 heteroatoms. The minimum atomic E-state index is -3.42. The number of aromatic amines is 1. The van der Waals surface area contributed by atoms with E-state index < -0.39 is 15.8 Å². The normalized spacial score (nSPS) is 19.0. The third-order valence-corrected chi connectivity index (χ3v) is 4.92. The molecule has 0 bridgehead atoms. The summed E-state index contributed by atoms with van der Waals surface area (Å²) in [6.07, 6.45) is 1.16. The summed E-state index contributed by atoms with van der Waals surface area (Å²) in [5, 5.41) is 5.98. The summed E-state index contributed by atoms with van der Waals surface area (Å²) in [5.74, 6) is 0.0827. The first-order valence-electron chi connectivity index (χ1n) is 7.12. The average molecular weight is 339 g/mol. The number of aromatic nitrogens is 2. The Bertz CT molecular complexity index is 857. The lowest BCUT2D eigenvalue weighted by Gasteiger charge is -2.36. The van der Waals surface area contributed by atoms with Crippen LogP contribution >= 0.6 is 0 Å². The molecule has 1 aromatic carbocycles. The number of nitrogens with zero attached hydrogens (tertiary/aromatic N) is 2. The van der Waals surface area contributed by atoms with Crippen molar-refractivity contribution < 1.29 is 17.6 Å². The second-order valence-corrected chi connectivity index (χ2v) is 7.51. The van der Waals surface area contributed by atoms with Crippen molar-refractivity contribution >= 4 is 15.7 Å². The van der Waals surface area contributed by atoms with Crippen molar-refractivity contribution in [2.24, 2.45) is 5.92 Å². The van der Waals surface area contributed by atoms with Crippen LogP contribution in [-0.2, 0) is 16.4 Å². The molecular formula is C14H17N3O5S. The highest BCUT2D eigenvalue weighted by atomic mass is 32.2. The molecule has 0 unspecified atom stereocenters. The van der Waals surface area contributed by atoms with Crippen LogP contribution in [0.2, 0.25) is 0 Å². The van der Waals surface area contributed by atoms with Gasteiger partial charge in [-0.3, -0.25) is 4.31 Å². The number of fused-ring (bicyclic) bond motifs is 1. The van der Waals surface area contributed by atoms with Crippen LogP contribution < -0.4 is 14.8 Å². The van der Waals surface area contributed by atoms with Crippen LogP contribution in [0.15, 0.2) is 33.5 Å². The van der Waals surface area contributed by atoms with E-state index in [1.807, 2.05) is 6.92 Å². The van der Waals surface area contributed by atoms with Crippen molar-refractivity contribution in [1.29, 1.82) is 0 Å². The number of sulfonamides is 1. The van der Waals surface area contributed by atoms with E-state index in [-0.39, 0.29) is 24.5 Å². The van der Waals surface area contributed by atoms with Gasteiger partial charge in [-0.05, 0) is 12.1 Å². The van der Waals surface area contributed by atoms with Gasteiger partial charge in [0, 0.05) is 12.3 Å². The van der Waals surface area contributed by atoms with Gasteiger partial charge in [-0.1, -0.05) is 19.1 Å². The Kier molecular flexibility index (Phi) is 3.88. The van der Waals surface area contributed by atoms with E-state index in [0.717, 1.165) is 0 Å². The van der Waals surface area contributed by atoms with Gasteiger partial charge in [0.1, 0.15) is 11.9 Å². The van der Waals surface area contributed by atoms with Crippen LogP contribution in [-0.4, -0.2) is 37.5 Å². The molecule has 0 saturated heterocycles. The molecule has 2 heterocycles. The minimum absolute atomic E-state index is 0.0981. The van der Waals surface area contributed by atoms with Crippen molar-refractivity contribution in [3.63, 3.8) is 0 Å². The summed E-state index contributed by atoms with van der Waals surface area (Å²) in [7, 11) is -3.42. The van der Waals surface area contributed by atoms with E-state index in [0.29, 0.717) is 17.9 Å². The Morgan fingerprint density at radius 1 is 1.43 bits per heavy atom. The fourth-order valence-electron chi connectivity index (χ4n) is 2.59. The van der Waals surface area contributed by atoms with Crippen LogP contribution in [0.25, 0.3) is 0 Å². The smallest absolute Gasteiger partial charge is 0.434 e. The maximum Gasteiger partial charge on any atom is 0.434 e. The molecule has 0 aliphatic carbocycles. The molecule has 0 saturated carbocycles. The Hall–Kier alpha value is -2.29. The first kappa shape index (κ1) is 15.6. The fourth-order valence-corrected chi connectivity index (χ4v) is 3.52. The molecule has 8 nitrogen and oxygen atoms in total. The number of benzene rings is 1. The van der Waals surface area contributed by atoms with Crippen LogP contribution in [0.5, 0.6) is 5.75 Å². The summed E-state index contributed by atoms with van der Waals surface area (Å²) in [5.41, 5.74) is 0.532. The van der Waals surface area contributed by atoms with Crippen molar-refractivity contribution in [2.75, 3.05) is 17.1 Å². The largest absolute Gasteiger partial charge is 0.486 e. The third-order valence-electron chi connectivity index (χ3n) is 3.77. The molecule has 0 amide bonds. The van der Waals surface area contributed by atoms with Crippen LogP contribution in [0, 0.1) is 5.92 Å². The zero-order valence-corrected chi connectivity index (χ0v) is 13.5. The monoisotopic (exact) mass is 339 g/mol. The van der Waals surface area contributed by atoms with E-state index in [2.05, 4.69) is 10.2 Å². The standard InChI is InChI=1S/C14H17N3O5S/c1-9(7-13-15-16-14(18)22-13)12-8-17(23(2,19)20)10-5-3-4-6-11(10)21-12/h3-6,9,12H,7-8H2,1-2H3,(H,16,18)/t9-,12-/m1/s1. The van der Waals surface area contributed by atoms with E-state index in [9.17, 15) is 13.2 Å². The van der Waals surface area contributed by atoms with Gasteiger partial charge >= 0.3 is 5.76 Å². The molecule has 1 N–H and O–H groups in total.